The molecular formula is C28H37N3O. The van der Waals surface area contributed by atoms with Gasteiger partial charge in [-0.2, -0.15) is 0 Å². The van der Waals surface area contributed by atoms with Crippen molar-refractivity contribution < 1.29 is 4.74 Å². The molecule has 0 bridgehead atoms. The third kappa shape index (κ3) is 4.87. The maximum atomic E-state index is 6.25. The molecular weight excluding hydrogens is 394 g/mol. The van der Waals surface area contributed by atoms with Crippen LogP contribution in [0.15, 0.2) is 49.0 Å². The number of hydrogen-bond acceptors (Lipinski definition) is 4. The SMILES string of the molecule is C=C1c2ccc(OC3CCCNC3)cc2CCN1CC(C)CN1CCc2ccccc2C1. The fraction of sp³-hybridized carbons (Fsp3) is 0.500. The van der Waals surface area contributed by atoms with Crippen LogP contribution in [0.3, 0.4) is 0 Å². The Kier molecular flexibility index (Phi) is 6.52. The first-order chi connectivity index (χ1) is 15.7. The van der Waals surface area contributed by atoms with Gasteiger partial charge in [-0.05, 0) is 73.0 Å². The average molecular weight is 432 g/mol. The summed E-state index contributed by atoms with van der Waals surface area (Å²) < 4.78 is 6.25. The fourth-order valence-electron chi connectivity index (χ4n) is 5.59. The van der Waals surface area contributed by atoms with Gasteiger partial charge in [-0.1, -0.05) is 37.8 Å². The minimum atomic E-state index is 0.299. The average Bonchev–Trinajstić information content (AvgIpc) is 2.81. The van der Waals surface area contributed by atoms with Crippen LogP contribution in [0, 0.1) is 5.92 Å². The van der Waals surface area contributed by atoms with Crippen LogP contribution in [0.25, 0.3) is 5.70 Å². The summed E-state index contributed by atoms with van der Waals surface area (Å²) in [6.45, 7) is 14.5. The maximum Gasteiger partial charge on any atom is 0.120 e. The number of fused-ring (bicyclic) bond motifs is 2. The van der Waals surface area contributed by atoms with Gasteiger partial charge in [0.2, 0.25) is 0 Å². The molecule has 0 saturated carbocycles. The number of nitrogens with one attached hydrogen (secondary N) is 1. The summed E-state index contributed by atoms with van der Waals surface area (Å²) >= 11 is 0. The molecule has 2 aromatic rings. The number of nitrogens with zero attached hydrogens (tertiary/aromatic N) is 2. The van der Waals surface area contributed by atoms with Crippen LogP contribution < -0.4 is 10.1 Å². The highest BCUT2D eigenvalue weighted by Crippen LogP contribution is 2.31. The third-order valence-corrected chi connectivity index (χ3v) is 7.29. The van der Waals surface area contributed by atoms with Crippen molar-refractivity contribution in [1.29, 1.82) is 0 Å². The van der Waals surface area contributed by atoms with Crippen molar-refractivity contribution in [2.24, 2.45) is 5.92 Å². The van der Waals surface area contributed by atoms with Gasteiger partial charge in [0.05, 0.1) is 0 Å². The molecule has 1 fully saturated rings. The van der Waals surface area contributed by atoms with Crippen LogP contribution in [0.4, 0.5) is 0 Å². The Morgan fingerprint density at radius 1 is 1.06 bits per heavy atom. The van der Waals surface area contributed by atoms with Crippen LogP contribution in [0.1, 0.15) is 42.0 Å². The fourth-order valence-corrected chi connectivity index (χ4v) is 5.59. The van der Waals surface area contributed by atoms with Gasteiger partial charge in [0, 0.05) is 50.5 Å². The van der Waals surface area contributed by atoms with Gasteiger partial charge in [0.1, 0.15) is 11.9 Å². The van der Waals surface area contributed by atoms with Crippen molar-refractivity contribution in [3.63, 3.8) is 0 Å². The second-order valence-corrected chi connectivity index (χ2v) is 9.91. The molecule has 0 aromatic heterocycles. The number of hydrogen-bond donors (Lipinski definition) is 1. The Balaban J connectivity index is 1.16. The van der Waals surface area contributed by atoms with E-state index in [2.05, 4.69) is 71.1 Å². The lowest BCUT2D eigenvalue weighted by Gasteiger charge is -2.37. The van der Waals surface area contributed by atoms with Crippen LogP contribution >= 0.6 is 0 Å². The van der Waals surface area contributed by atoms with Crippen molar-refractivity contribution in [2.45, 2.75) is 45.3 Å². The van der Waals surface area contributed by atoms with Gasteiger partial charge < -0.3 is 15.0 Å². The normalized spacial score (nSPS) is 22.2. The molecule has 2 unspecified atom stereocenters. The monoisotopic (exact) mass is 431 g/mol. The van der Waals surface area contributed by atoms with E-state index in [1.807, 2.05) is 0 Å². The molecule has 2 aromatic carbocycles. The summed E-state index contributed by atoms with van der Waals surface area (Å²) in [5.41, 5.74) is 6.88. The molecule has 5 rings (SSSR count). The summed E-state index contributed by atoms with van der Waals surface area (Å²) in [7, 11) is 0. The molecule has 4 nitrogen and oxygen atoms in total. The molecule has 0 radical (unpaired) electrons. The first-order valence-corrected chi connectivity index (χ1v) is 12.4. The summed E-state index contributed by atoms with van der Waals surface area (Å²) in [4.78, 5) is 5.12. The molecule has 0 amide bonds. The summed E-state index contributed by atoms with van der Waals surface area (Å²) in [5, 5.41) is 3.43. The lowest BCUT2D eigenvalue weighted by atomic mass is 9.95. The summed E-state index contributed by atoms with van der Waals surface area (Å²) in [5.74, 6) is 1.62. The van der Waals surface area contributed by atoms with E-state index in [1.165, 1.54) is 47.3 Å². The Labute approximate surface area is 193 Å². The quantitative estimate of drug-likeness (QED) is 0.736. The predicted octanol–water partition coefficient (Wildman–Crippen LogP) is 4.34. The molecule has 170 valence electrons. The Hall–Kier alpha value is -2.30. The van der Waals surface area contributed by atoms with Gasteiger partial charge in [0.15, 0.2) is 0 Å². The standard InChI is InChI=1S/C28H37N3O/c1-21(18-30-14-11-23-6-3-4-7-25(23)20-30)19-31-15-12-24-16-26(9-10-28(24)22(31)2)32-27-8-5-13-29-17-27/h3-4,6-7,9-10,16,21,27,29H,2,5,8,11-15,17-20H2,1H3. The van der Waals surface area contributed by atoms with Gasteiger partial charge in [-0.25, -0.2) is 0 Å². The molecule has 3 aliphatic rings. The van der Waals surface area contributed by atoms with Crippen LogP contribution in [-0.4, -0.2) is 55.2 Å². The maximum absolute atomic E-state index is 6.25. The lowest BCUT2D eigenvalue weighted by molar-refractivity contribution is 0.167. The van der Waals surface area contributed by atoms with Crippen molar-refractivity contribution in [3.8, 4) is 5.75 Å². The molecule has 0 aliphatic carbocycles. The van der Waals surface area contributed by atoms with E-state index in [0.717, 1.165) is 57.9 Å². The highest BCUT2D eigenvalue weighted by Gasteiger charge is 2.24. The molecule has 2 atom stereocenters. The van der Waals surface area contributed by atoms with E-state index in [4.69, 9.17) is 4.74 Å². The van der Waals surface area contributed by atoms with E-state index < -0.39 is 0 Å². The number of ether oxygens (including phenoxy) is 1. The molecule has 0 spiro atoms. The van der Waals surface area contributed by atoms with Crippen molar-refractivity contribution in [1.82, 2.24) is 15.1 Å². The van der Waals surface area contributed by atoms with E-state index >= 15 is 0 Å². The first-order valence-electron chi connectivity index (χ1n) is 12.4. The van der Waals surface area contributed by atoms with Crippen molar-refractivity contribution in [3.05, 3.63) is 71.3 Å². The highest BCUT2D eigenvalue weighted by molar-refractivity contribution is 5.67. The zero-order chi connectivity index (χ0) is 21.9. The molecule has 32 heavy (non-hydrogen) atoms. The predicted molar refractivity (Wildman–Crippen MR) is 132 cm³/mol. The second-order valence-electron chi connectivity index (χ2n) is 9.91. The van der Waals surface area contributed by atoms with Crippen molar-refractivity contribution in [2.75, 3.05) is 39.3 Å². The van der Waals surface area contributed by atoms with E-state index in [1.54, 1.807) is 0 Å². The van der Waals surface area contributed by atoms with Crippen molar-refractivity contribution >= 4 is 5.70 Å². The van der Waals surface area contributed by atoms with E-state index in [0.29, 0.717) is 12.0 Å². The second kappa shape index (κ2) is 9.68. The summed E-state index contributed by atoms with van der Waals surface area (Å²) in [6.07, 6.45) is 4.88. The largest absolute Gasteiger partial charge is 0.489 e. The first kappa shape index (κ1) is 21.5. The zero-order valence-corrected chi connectivity index (χ0v) is 19.5. The Bertz CT molecular complexity index is 949. The minimum Gasteiger partial charge on any atom is -0.489 e. The van der Waals surface area contributed by atoms with Gasteiger partial charge >= 0.3 is 0 Å². The molecule has 1 N–H and O–H groups in total. The number of rotatable bonds is 6. The Morgan fingerprint density at radius 2 is 1.91 bits per heavy atom. The van der Waals surface area contributed by atoms with Gasteiger partial charge in [-0.3, -0.25) is 4.90 Å². The zero-order valence-electron chi connectivity index (χ0n) is 19.5. The number of benzene rings is 2. The Morgan fingerprint density at radius 3 is 2.75 bits per heavy atom. The van der Waals surface area contributed by atoms with Gasteiger partial charge in [-0.15, -0.1) is 0 Å². The topological polar surface area (TPSA) is 27.7 Å². The van der Waals surface area contributed by atoms with E-state index in [9.17, 15) is 0 Å². The highest BCUT2D eigenvalue weighted by atomic mass is 16.5. The van der Waals surface area contributed by atoms with Crippen LogP contribution in [0.5, 0.6) is 5.75 Å². The van der Waals surface area contributed by atoms with E-state index in [-0.39, 0.29) is 0 Å². The third-order valence-electron chi connectivity index (χ3n) is 7.29. The van der Waals surface area contributed by atoms with Crippen LogP contribution in [-0.2, 0) is 19.4 Å². The van der Waals surface area contributed by atoms with Gasteiger partial charge in [0.25, 0.3) is 0 Å². The molecule has 3 heterocycles. The molecule has 4 heteroatoms. The smallest absolute Gasteiger partial charge is 0.120 e. The summed E-state index contributed by atoms with van der Waals surface area (Å²) in [6, 6.07) is 15.5. The lowest BCUT2D eigenvalue weighted by Crippen LogP contribution is -2.39. The molecule has 3 aliphatic heterocycles. The minimum absolute atomic E-state index is 0.299. The number of piperidine rings is 1. The molecule has 1 saturated heterocycles. The van der Waals surface area contributed by atoms with Crippen LogP contribution in [0.2, 0.25) is 0 Å².